The Balaban J connectivity index is 1.57. The van der Waals surface area contributed by atoms with E-state index in [1.807, 2.05) is 0 Å². The third-order valence-electron chi connectivity index (χ3n) is 3.58. The lowest BCUT2D eigenvalue weighted by molar-refractivity contribution is 0.288. The monoisotopic (exact) mass is 295 g/mol. The van der Waals surface area contributed by atoms with Crippen molar-refractivity contribution in [3.8, 4) is 5.75 Å². The number of fused-ring (bicyclic) bond motifs is 1. The molecule has 0 spiro atoms. The minimum atomic E-state index is 0.657. The van der Waals surface area contributed by atoms with Gasteiger partial charge in [0.25, 0.3) is 0 Å². The summed E-state index contributed by atoms with van der Waals surface area (Å²) in [6.45, 7) is 1.86. The summed E-state index contributed by atoms with van der Waals surface area (Å²) < 4.78 is 5.66. The van der Waals surface area contributed by atoms with Gasteiger partial charge in [0.1, 0.15) is 5.75 Å². The molecule has 2 aliphatic heterocycles. The smallest absolute Gasteiger partial charge is 0.122 e. The lowest BCUT2D eigenvalue weighted by atomic mass is 10.0. The summed E-state index contributed by atoms with van der Waals surface area (Å²) in [5.41, 5.74) is 2.78. The van der Waals surface area contributed by atoms with Crippen LogP contribution in [0, 0.1) is 0 Å². The summed E-state index contributed by atoms with van der Waals surface area (Å²) in [7, 11) is 0. The molecule has 0 atom stereocenters. The second-order valence-electron chi connectivity index (χ2n) is 5.12. The van der Waals surface area contributed by atoms with E-state index in [4.69, 9.17) is 4.74 Å². The fourth-order valence-corrected chi connectivity index (χ4v) is 4.99. The lowest BCUT2D eigenvalue weighted by Crippen LogP contribution is -2.32. The van der Waals surface area contributed by atoms with Crippen LogP contribution in [-0.2, 0) is 13.0 Å². The van der Waals surface area contributed by atoms with E-state index in [9.17, 15) is 0 Å². The minimum absolute atomic E-state index is 0.657. The van der Waals surface area contributed by atoms with Gasteiger partial charge in [0.15, 0.2) is 0 Å². The Labute approximate surface area is 124 Å². The van der Waals surface area contributed by atoms with Gasteiger partial charge in [-0.05, 0) is 30.0 Å². The van der Waals surface area contributed by atoms with Crippen LogP contribution in [0.15, 0.2) is 18.2 Å². The van der Waals surface area contributed by atoms with E-state index in [0.29, 0.717) is 6.04 Å². The third kappa shape index (κ3) is 3.83. The van der Waals surface area contributed by atoms with Gasteiger partial charge in [-0.25, -0.2) is 0 Å². The van der Waals surface area contributed by atoms with Crippen molar-refractivity contribution in [3.05, 3.63) is 29.3 Å². The Morgan fingerprint density at radius 3 is 2.89 bits per heavy atom. The predicted molar refractivity (Wildman–Crippen MR) is 85.5 cm³/mol. The number of aryl methyl sites for hydroxylation is 1. The molecular formula is C15H21NOS2. The normalized spacial score (nSPS) is 20.4. The van der Waals surface area contributed by atoms with Gasteiger partial charge in [-0.2, -0.15) is 23.5 Å². The average molecular weight is 295 g/mol. The number of benzene rings is 1. The van der Waals surface area contributed by atoms with Crippen LogP contribution in [0.4, 0.5) is 0 Å². The van der Waals surface area contributed by atoms with Crippen molar-refractivity contribution >= 4 is 23.5 Å². The van der Waals surface area contributed by atoms with Gasteiger partial charge in [-0.1, -0.05) is 12.1 Å². The SMILES string of the molecule is c1cc2c(cc1CNC1CSCCSC1)CCCO2. The Hall–Kier alpha value is -0.320. The summed E-state index contributed by atoms with van der Waals surface area (Å²) >= 11 is 4.16. The van der Waals surface area contributed by atoms with Gasteiger partial charge in [-0.3, -0.25) is 0 Å². The molecule has 4 heteroatoms. The second-order valence-corrected chi connectivity index (χ2v) is 7.42. The molecule has 1 saturated heterocycles. The zero-order valence-corrected chi connectivity index (χ0v) is 12.8. The highest BCUT2D eigenvalue weighted by Gasteiger charge is 2.13. The molecular weight excluding hydrogens is 274 g/mol. The van der Waals surface area contributed by atoms with Crippen molar-refractivity contribution in [2.75, 3.05) is 29.6 Å². The van der Waals surface area contributed by atoms with Gasteiger partial charge in [0, 0.05) is 35.6 Å². The maximum atomic E-state index is 5.66. The summed E-state index contributed by atoms with van der Waals surface area (Å²) in [5.74, 6) is 6.20. The zero-order chi connectivity index (χ0) is 12.9. The first kappa shape index (κ1) is 13.7. The Bertz CT molecular complexity index is 417. The largest absolute Gasteiger partial charge is 0.493 e. The van der Waals surface area contributed by atoms with Crippen molar-refractivity contribution in [2.45, 2.75) is 25.4 Å². The summed E-state index contributed by atoms with van der Waals surface area (Å²) in [4.78, 5) is 0. The second kappa shape index (κ2) is 6.91. The molecule has 2 nitrogen and oxygen atoms in total. The molecule has 0 bridgehead atoms. The number of ether oxygens (including phenoxy) is 1. The van der Waals surface area contributed by atoms with Gasteiger partial charge in [0.2, 0.25) is 0 Å². The zero-order valence-electron chi connectivity index (χ0n) is 11.2. The molecule has 3 rings (SSSR count). The van der Waals surface area contributed by atoms with E-state index in [1.54, 1.807) is 0 Å². The van der Waals surface area contributed by atoms with Gasteiger partial charge >= 0.3 is 0 Å². The van der Waals surface area contributed by atoms with Crippen LogP contribution in [0.3, 0.4) is 0 Å². The third-order valence-corrected chi connectivity index (χ3v) is 6.10. The molecule has 1 aromatic rings. The van der Waals surface area contributed by atoms with E-state index in [2.05, 4.69) is 47.0 Å². The highest BCUT2D eigenvalue weighted by Crippen LogP contribution is 2.25. The standard InChI is InChI=1S/C15H21NOS2/c1-2-13-8-12(3-4-15(13)17-5-1)9-16-14-10-18-6-7-19-11-14/h3-4,8,14,16H,1-2,5-7,9-11H2. The Kier molecular flexibility index (Phi) is 4.97. The lowest BCUT2D eigenvalue weighted by Gasteiger charge is -2.19. The molecule has 2 heterocycles. The van der Waals surface area contributed by atoms with E-state index in [0.717, 1.165) is 31.7 Å². The van der Waals surface area contributed by atoms with Crippen LogP contribution in [-0.4, -0.2) is 35.7 Å². The molecule has 0 aliphatic carbocycles. The number of hydrogen-bond donors (Lipinski definition) is 1. The quantitative estimate of drug-likeness (QED) is 0.925. The van der Waals surface area contributed by atoms with Crippen molar-refractivity contribution in [3.63, 3.8) is 0 Å². The molecule has 1 N–H and O–H groups in total. The van der Waals surface area contributed by atoms with Crippen LogP contribution in [0.25, 0.3) is 0 Å². The van der Waals surface area contributed by atoms with Crippen LogP contribution in [0.2, 0.25) is 0 Å². The van der Waals surface area contributed by atoms with Gasteiger partial charge in [-0.15, -0.1) is 0 Å². The molecule has 104 valence electrons. The van der Waals surface area contributed by atoms with E-state index in [-0.39, 0.29) is 0 Å². The highest BCUT2D eigenvalue weighted by atomic mass is 32.2. The average Bonchev–Trinajstić information content (AvgIpc) is 2.73. The molecule has 1 fully saturated rings. The first-order valence-electron chi connectivity index (χ1n) is 7.05. The highest BCUT2D eigenvalue weighted by molar-refractivity contribution is 8.03. The first-order valence-corrected chi connectivity index (χ1v) is 9.36. The number of thioether (sulfide) groups is 2. The maximum absolute atomic E-state index is 5.66. The van der Waals surface area contributed by atoms with Crippen LogP contribution >= 0.6 is 23.5 Å². The Morgan fingerprint density at radius 1 is 1.21 bits per heavy atom. The van der Waals surface area contributed by atoms with Crippen LogP contribution in [0.1, 0.15) is 17.5 Å². The van der Waals surface area contributed by atoms with Crippen molar-refractivity contribution in [1.29, 1.82) is 0 Å². The van der Waals surface area contributed by atoms with E-state index >= 15 is 0 Å². The van der Waals surface area contributed by atoms with Crippen LogP contribution in [0.5, 0.6) is 5.75 Å². The topological polar surface area (TPSA) is 21.3 Å². The first-order chi connectivity index (χ1) is 9.42. The van der Waals surface area contributed by atoms with E-state index in [1.165, 1.54) is 34.1 Å². The molecule has 1 aromatic carbocycles. The summed E-state index contributed by atoms with van der Waals surface area (Å²) in [6.07, 6.45) is 2.32. The minimum Gasteiger partial charge on any atom is -0.493 e. The van der Waals surface area contributed by atoms with Gasteiger partial charge < -0.3 is 10.1 Å². The van der Waals surface area contributed by atoms with Crippen molar-refractivity contribution in [1.82, 2.24) is 5.32 Å². The van der Waals surface area contributed by atoms with Gasteiger partial charge in [0.05, 0.1) is 6.61 Å². The fourth-order valence-electron chi connectivity index (χ4n) is 2.52. The fraction of sp³-hybridized carbons (Fsp3) is 0.600. The molecule has 0 amide bonds. The predicted octanol–water partition coefficient (Wildman–Crippen LogP) is 2.95. The number of nitrogens with one attached hydrogen (secondary N) is 1. The molecule has 2 aliphatic rings. The summed E-state index contributed by atoms with van der Waals surface area (Å²) in [5, 5.41) is 3.70. The Morgan fingerprint density at radius 2 is 2.05 bits per heavy atom. The number of rotatable bonds is 3. The maximum Gasteiger partial charge on any atom is 0.122 e. The molecule has 0 aromatic heterocycles. The van der Waals surface area contributed by atoms with E-state index < -0.39 is 0 Å². The molecule has 19 heavy (non-hydrogen) atoms. The molecule has 0 radical (unpaired) electrons. The molecule has 0 saturated carbocycles. The number of hydrogen-bond acceptors (Lipinski definition) is 4. The molecule has 0 unspecified atom stereocenters. The van der Waals surface area contributed by atoms with Crippen molar-refractivity contribution in [2.24, 2.45) is 0 Å². The summed E-state index contributed by atoms with van der Waals surface area (Å²) in [6, 6.07) is 7.32. The van der Waals surface area contributed by atoms with Crippen LogP contribution < -0.4 is 10.1 Å². The van der Waals surface area contributed by atoms with Crippen molar-refractivity contribution < 1.29 is 4.74 Å².